The van der Waals surface area contributed by atoms with Crippen molar-refractivity contribution in [2.75, 3.05) is 0 Å². The number of benzene rings is 1. The molecule has 0 aliphatic carbocycles. The van der Waals surface area contributed by atoms with E-state index in [9.17, 15) is 5.11 Å². The molecule has 0 bridgehead atoms. The molecule has 2 aromatic rings. The molecule has 0 aliphatic rings. The Hall–Kier alpha value is -0.940. The smallest absolute Gasteiger partial charge is 0.223 e. The van der Waals surface area contributed by atoms with Crippen LogP contribution in [0.1, 0.15) is 11.3 Å². The Balaban J connectivity index is 2.44. The van der Waals surface area contributed by atoms with E-state index in [0.717, 1.165) is 0 Å². The van der Waals surface area contributed by atoms with Crippen LogP contribution in [0.5, 0.6) is 11.6 Å². The molecule has 1 aromatic heterocycles. The van der Waals surface area contributed by atoms with Crippen LogP contribution in [0.3, 0.4) is 0 Å². The Labute approximate surface area is 125 Å². The van der Waals surface area contributed by atoms with E-state index in [2.05, 4.69) is 5.10 Å². The van der Waals surface area contributed by atoms with Crippen molar-refractivity contribution in [3.8, 4) is 11.6 Å². The van der Waals surface area contributed by atoms with Gasteiger partial charge in [0.15, 0.2) is 0 Å². The van der Waals surface area contributed by atoms with Crippen LogP contribution in [-0.2, 0) is 13.7 Å². The highest BCUT2D eigenvalue weighted by Gasteiger charge is 2.16. The molecule has 0 unspecified atom stereocenters. The monoisotopic (exact) mass is 320 g/mol. The van der Waals surface area contributed by atoms with Gasteiger partial charge in [-0.3, -0.25) is 0 Å². The lowest BCUT2D eigenvalue weighted by Crippen LogP contribution is -1.97. The molecule has 102 valence electrons. The lowest BCUT2D eigenvalue weighted by molar-refractivity contribution is 0.274. The van der Waals surface area contributed by atoms with Crippen LogP contribution in [0, 0.1) is 6.92 Å². The standard InChI is InChI=1S/C12H11Cl3N2O2/c1-6-7(5-18)12(17(2)16-6)19-11-4-9(14)8(13)3-10(11)15/h3-4,18H,5H2,1-2H3. The number of aromatic nitrogens is 2. The number of hydrogen-bond acceptors (Lipinski definition) is 3. The van der Waals surface area contributed by atoms with Gasteiger partial charge in [0.25, 0.3) is 0 Å². The van der Waals surface area contributed by atoms with E-state index in [1.807, 2.05) is 0 Å². The van der Waals surface area contributed by atoms with Crippen molar-refractivity contribution >= 4 is 34.8 Å². The molecule has 7 heteroatoms. The normalized spacial score (nSPS) is 10.8. The highest BCUT2D eigenvalue weighted by molar-refractivity contribution is 6.43. The van der Waals surface area contributed by atoms with Crippen LogP contribution in [-0.4, -0.2) is 14.9 Å². The third-order valence-corrected chi connectivity index (χ3v) is 3.65. The molecule has 0 radical (unpaired) electrons. The summed E-state index contributed by atoms with van der Waals surface area (Å²) >= 11 is 17.8. The topological polar surface area (TPSA) is 47.3 Å². The summed E-state index contributed by atoms with van der Waals surface area (Å²) in [4.78, 5) is 0. The van der Waals surface area contributed by atoms with Gasteiger partial charge in [-0.2, -0.15) is 5.10 Å². The number of ether oxygens (including phenoxy) is 1. The van der Waals surface area contributed by atoms with E-state index in [4.69, 9.17) is 39.5 Å². The van der Waals surface area contributed by atoms with E-state index in [1.165, 1.54) is 16.8 Å². The summed E-state index contributed by atoms with van der Waals surface area (Å²) in [6, 6.07) is 3.03. The van der Waals surface area contributed by atoms with Crippen molar-refractivity contribution in [1.82, 2.24) is 9.78 Å². The molecule has 0 spiro atoms. The summed E-state index contributed by atoms with van der Waals surface area (Å²) in [6.07, 6.45) is 0. The van der Waals surface area contributed by atoms with Gasteiger partial charge in [-0.1, -0.05) is 34.8 Å². The van der Waals surface area contributed by atoms with Crippen LogP contribution in [0.4, 0.5) is 0 Å². The van der Waals surface area contributed by atoms with Crippen molar-refractivity contribution in [3.05, 3.63) is 38.5 Å². The average molecular weight is 322 g/mol. The van der Waals surface area contributed by atoms with Gasteiger partial charge in [-0.05, 0) is 13.0 Å². The minimum Gasteiger partial charge on any atom is -0.437 e. The van der Waals surface area contributed by atoms with Gasteiger partial charge in [0, 0.05) is 13.1 Å². The summed E-state index contributed by atoms with van der Waals surface area (Å²) in [6.45, 7) is 1.61. The van der Waals surface area contributed by atoms with Crippen LogP contribution >= 0.6 is 34.8 Å². The summed E-state index contributed by atoms with van der Waals surface area (Å²) in [5.74, 6) is 0.772. The van der Waals surface area contributed by atoms with Gasteiger partial charge < -0.3 is 9.84 Å². The Morgan fingerprint density at radius 1 is 1.21 bits per heavy atom. The van der Waals surface area contributed by atoms with E-state index in [-0.39, 0.29) is 6.61 Å². The molecule has 1 aromatic carbocycles. The lowest BCUT2D eigenvalue weighted by atomic mass is 10.2. The van der Waals surface area contributed by atoms with E-state index >= 15 is 0 Å². The fraction of sp³-hybridized carbons (Fsp3) is 0.250. The molecule has 0 saturated heterocycles. The SMILES string of the molecule is Cc1nn(C)c(Oc2cc(Cl)c(Cl)cc2Cl)c1CO. The number of nitrogens with zero attached hydrogens (tertiary/aromatic N) is 2. The highest BCUT2D eigenvalue weighted by atomic mass is 35.5. The predicted octanol–water partition coefficient (Wildman–Crippen LogP) is 3.97. The molecule has 19 heavy (non-hydrogen) atoms. The van der Waals surface area contributed by atoms with Crippen LogP contribution in [0.2, 0.25) is 15.1 Å². The van der Waals surface area contributed by atoms with Gasteiger partial charge in [-0.25, -0.2) is 4.68 Å². The second-order valence-electron chi connectivity index (χ2n) is 3.95. The number of rotatable bonds is 3. The second kappa shape index (κ2) is 5.59. The Morgan fingerprint density at radius 3 is 2.47 bits per heavy atom. The minimum atomic E-state index is -0.173. The van der Waals surface area contributed by atoms with Gasteiger partial charge in [-0.15, -0.1) is 0 Å². The number of aliphatic hydroxyl groups excluding tert-OH is 1. The second-order valence-corrected chi connectivity index (χ2v) is 5.17. The van der Waals surface area contributed by atoms with E-state index in [1.54, 1.807) is 14.0 Å². The van der Waals surface area contributed by atoms with Crippen LogP contribution < -0.4 is 4.74 Å². The predicted molar refractivity (Wildman–Crippen MR) is 75.4 cm³/mol. The highest BCUT2D eigenvalue weighted by Crippen LogP contribution is 2.37. The quantitative estimate of drug-likeness (QED) is 0.870. The van der Waals surface area contributed by atoms with Crippen molar-refractivity contribution in [2.24, 2.45) is 7.05 Å². The molecule has 4 nitrogen and oxygen atoms in total. The molecule has 1 heterocycles. The zero-order valence-electron chi connectivity index (χ0n) is 10.2. The van der Waals surface area contributed by atoms with Crippen molar-refractivity contribution in [3.63, 3.8) is 0 Å². The number of aryl methyl sites for hydroxylation is 2. The summed E-state index contributed by atoms with van der Waals surface area (Å²) in [7, 11) is 1.72. The van der Waals surface area contributed by atoms with Gasteiger partial charge >= 0.3 is 0 Å². The molecular formula is C12H11Cl3N2O2. The first kappa shape index (κ1) is 14.5. The fourth-order valence-corrected chi connectivity index (χ4v) is 2.25. The maximum absolute atomic E-state index is 9.35. The molecule has 0 saturated carbocycles. The van der Waals surface area contributed by atoms with Gasteiger partial charge in [0.05, 0.1) is 32.9 Å². The first-order chi connectivity index (χ1) is 8.93. The maximum atomic E-state index is 9.35. The molecule has 0 atom stereocenters. The Morgan fingerprint density at radius 2 is 1.84 bits per heavy atom. The Kier molecular flexibility index (Phi) is 4.26. The van der Waals surface area contributed by atoms with Crippen molar-refractivity contribution < 1.29 is 9.84 Å². The zero-order valence-corrected chi connectivity index (χ0v) is 12.5. The summed E-state index contributed by atoms with van der Waals surface area (Å²) in [5.41, 5.74) is 1.29. The largest absolute Gasteiger partial charge is 0.437 e. The van der Waals surface area contributed by atoms with Crippen molar-refractivity contribution in [1.29, 1.82) is 0 Å². The van der Waals surface area contributed by atoms with Crippen molar-refractivity contribution in [2.45, 2.75) is 13.5 Å². The van der Waals surface area contributed by atoms with E-state index in [0.29, 0.717) is 38.0 Å². The third kappa shape index (κ3) is 2.82. The molecule has 0 aliphatic heterocycles. The fourth-order valence-electron chi connectivity index (χ4n) is 1.68. The average Bonchev–Trinajstić information content (AvgIpc) is 2.60. The lowest BCUT2D eigenvalue weighted by Gasteiger charge is -2.10. The number of aliphatic hydroxyl groups is 1. The first-order valence-corrected chi connectivity index (χ1v) is 6.53. The minimum absolute atomic E-state index is 0.173. The summed E-state index contributed by atoms with van der Waals surface area (Å²) < 4.78 is 7.21. The third-order valence-electron chi connectivity index (χ3n) is 2.63. The molecular weight excluding hydrogens is 311 g/mol. The maximum Gasteiger partial charge on any atom is 0.223 e. The first-order valence-electron chi connectivity index (χ1n) is 5.39. The Bertz CT molecular complexity index is 626. The molecule has 1 N–H and O–H groups in total. The van der Waals surface area contributed by atoms with Crippen LogP contribution in [0.25, 0.3) is 0 Å². The molecule has 0 amide bonds. The van der Waals surface area contributed by atoms with E-state index < -0.39 is 0 Å². The number of halogens is 3. The molecule has 2 rings (SSSR count). The van der Waals surface area contributed by atoms with Gasteiger partial charge in [0.1, 0.15) is 5.75 Å². The van der Waals surface area contributed by atoms with Gasteiger partial charge in [0.2, 0.25) is 5.88 Å². The molecule has 0 fully saturated rings. The van der Waals surface area contributed by atoms with Crippen LogP contribution in [0.15, 0.2) is 12.1 Å². The number of hydrogen-bond donors (Lipinski definition) is 1. The summed E-state index contributed by atoms with van der Waals surface area (Å²) in [5, 5.41) is 14.5. The zero-order chi connectivity index (χ0) is 14.2.